The summed E-state index contributed by atoms with van der Waals surface area (Å²) in [5.41, 5.74) is 5.04. The maximum Gasteiger partial charge on any atom is 0.410 e. The average Bonchev–Trinajstić information content (AvgIpc) is 3.46. The zero-order valence-electron chi connectivity index (χ0n) is 31.2. The molecular weight excluding hydrogens is 628 g/mol. The number of ether oxygens (including phenoxy) is 3. The predicted molar refractivity (Wildman–Crippen MR) is 201 cm³/mol. The molecule has 1 N–H and O–H groups in total. The Kier molecular flexibility index (Phi) is 11.2. The number of amides is 1. The highest BCUT2D eigenvalue weighted by Crippen LogP contribution is 2.39. The number of nitrogens with one attached hydrogen (secondary N) is 1. The summed E-state index contributed by atoms with van der Waals surface area (Å²) in [7, 11) is 1.98. The molecule has 3 atom stereocenters. The molecule has 3 aromatic carbocycles. The Morgan fingerprint density at radius 1 is 1.00 bits per heavy atom. The van der Waals surface area contributed by atoms with Crippen LogP contribution in [0.15, 0.2) is 61.2 Å². The second-order valence-corrected chi connectivity index (χ2v) is 14.0. The molecule has 266 valence electrons. The Balaban J connectivity index is 0.00000239. The van der Waals surface area contributed by atoms with Crippen LogP contribution >= 0.6 is 0 Å². The first kappa shape index (κ1) is 36.4. The summed E-state index contributed by atoms with van der Waals surface area (Å²) in [6, 6.07) is 16.0. The van der Waals surface area contributed by atoms with Crippen LogP contribution in [0.3, 0.4) is 0 Å². The van der Waals surface area contributed by atoms with Gasteiger partial charge in [0.15, 0.2) is 0 Å². The van der Waals surface area contributed by atoms with Crippen LogP contribution in [0.1, 0.15) is 72.4 Å². The molecule has 0 aliphatic carbocycles. The van der Waals surface area contributed by atoms with Crippen LogP contribution < -0.4 is 14.8 Å². The van der Waals surface area contributed by atoms with E-state index < -0.39 is 5.60 Å². The van der Waals surface area contributed by atoms with Crippen molar-refractivity contribution < 1.29 is 19.0 Å². The second-order valence-electron chi connectivity index (χ2n) is 14.0. The number of imidazole rings is 1. The molecule has 6 rings (SSSR count). The van der Waals surface area contributed by atoms with E-state index in [-0.39, 0.29) is 18.1 Å². The molecule has 1 aliphatic heterocycles. The Bertz CT molecular complexity index is 1950. The number of carbonyl (C=O) groups is 1. The number of likely N-dealkylation sites (tertiary alicyclic amines) is 1. The van der Waals surface area contributed by atoms with E-state index in [2.05, 4.69) is 41.0 Å². The number of nitrogens with zero attached hydrogens (tertiary/aromatic N) is 5. The van der Waals surface area contributed by atoms with Gasteiger partial charge in [0.1, 0.15) is 41.1 Å². The van der Waals surface area contributed by atoms with Gasteiger partial charge in [0.05, 0.1) is 28.3 Å². The maximum absolute atomic E-state index is 13.0. The monoisotopic (exact) mass is 680 g/mol. The lowest BCUT2D eigenvalue weighted by molar-refractivity contribution is -0.0127. The van der Waals surface area contributed by atoms with Crippen molar-refractivity contribution in [2.45, 2.75) is 86.9 Å². The van der Waals surface area contributed by atoms with E-state index in [9.17, 15) is 4.79 Å². The first-order chi connectivity index (χ1) is 23.9. The van der Waals surface area contributed by atoms with Crippen LogP contribution in [0.2, 0.25) is 0 Å². The summed E-state index contributed by atoms with van der Waals surface area (Å²) in [4.78, 5) is 28.5. The largest absolute Gasteiger partial charge is 0.489 e. The van der Waals surface area contributed by atoms with E-state index in [1.165, 1.54) is 0 Å². The molecule has 1 saturated heterocycles. The van der Waals surface area contributed by atoms with Crippen LogP contribution in [0, 0.1) is 25.7 Å². The van der Waals surface area contributed by atoms with Crippen molar-refractivity contribution in [1.82, 2.24) is 24.4 Å². The van der Waals surface area contributed by atoms with Crippen LogP contribution in [0.5, 0.6) is 17.2 Å². The number of fused-ring (bicyclic) bond motifs is 2. The van der Waals surface area contributed by atoms with E-state index >= 15 is 0 Å². The smallest absolute Gasteiger partial charge is 0.410 e. The van der Waals surface area contributed by atoms with Crippen LogP contribution in [-0.4, -0.2) is 55.3 Å². The van der Waals surface area contributed by atoms with Gasteiger partial charge in [0.25, 0.3) is 0 Å². The van der Waals surface area contributed by atoms with Crippen molar-refractivity contribution >= 4 is 39.5 Å². The van der Waals surface area contributed by atoms with E-state index in [4.69, 9.17) is 14.2 Å². The fraction of sp³-hybridized carbons (Fsp3) is 0.450. The van der Waals surface area contributed by atoms with Gasteiger partial charge in [0, 0.05) is 44.2 Å². The zero-order chi connectivity index (χ0) is 36.2. The van der Waals surface area contributed by atoms with Gasteiger partial charge in [-0.2, -0.15) is 0 Å². The Hall–Kier alpha value is -4.86. The molecule has 0 bridgehead atoms. The number of piperidine rings is 1. The van der Waals surface area contributed by atoms with Gasteiger partial charge in [-0.15, -0.1) is 0 Å². The van der Waals surface area contributed by atoms with Crippen molar-refractivity contribution in [3.05, 3.63) is 72.3 Å². The van der Waals surface area contributed by atoms with Gasteiger partial charge in [-0.05, 0) is 88.1 Å². The lowest BCUT2D eigenvalue weighted by Gasteiger charge is -2.41. The summed E-state index contributed by atoms with van der Waals surface area (Å²) in [6.07, 6.45) is 4.70. The van der Waals surface area contributed by atoms with Gasteiger partial charge in [-0.3, -0.25) is 0 Å². The molecule has 1 aliphatic rings. The highest BCUT2D eigenvalue weighted by atomic mass is 16.6. The third kappa shape index (κ3) is 8.12. The number of benzene rings is 3. The van der Waals surface area contributed by atoms with Crippen molar-refractivity contribution in [3.63, 3.8) is 0 Å². The van der Waals surface area contributed by atoms with Gasteiger partial charge in [0.2, 0.25) is 0 Å². The number of aromatic nitrogens is 4. The molecule has 3 heterocycles. The molecule has 10 heteroatoms. The minimum Gasteiger partial charge on any atom is -0.489 e. The third-order valence-electron chi connectivity index (χ3n) is 9.20. The maximum atomic E-state index is 13.0. The van der Waals surface area contributed by atoms with E-state index in [1.807, 2.05) is 107 Å². The van der Waals surface area contributed by atoms with E-state index in [0.29, 0.717) is 31.2 Å². The Morgan fingerprint density at radius 3 is 2.50 bits per heavy atom. The van der Waals surface area contributed by atoms with Gasteiger partial charge in [-0.25, -0.2) is 19.7 Å². The molecule has 1 fully saturated rings. The molecule has 0 radical (unpaired) electrons. The molecule has 1 amide bonds. The SMILES string of the molecule is CC.CCC(C)C1CN(C(=O)OC(C)(C)C)CCC1Oc1c(C)ccc2ncnc(Nc3ccc(Oc4ccc5c(c4)ncn5C)c(C)c3)c12. The highest BCUT2D eigenvalue weighted by Gasteiger charge is 2.37. The lowest BCUT2D eigenvalue weighted by Crippen LogP contribution is -2.51. The summed E-state index contributed by atoms with van der Waals surface area (Å²) >= 11 is 0. The number of hydrogen-bond acceptors (Lipinski definition) is 8. The molecule has 0 spiro atoms. The molecule has 10 nitrogen and oxygen atoms in total. The summed E-state index contributed by atoms with van der Waals surface area (Å²) in [5.74, 6) is 3.41. The summed E-state index contributed by atoms with van der Waals surface area (Å²) in [6.45, 7) is 19.4. The normalized spacial score (nSPS) is 16.8. The molecular formula is C40H52N6O4. The summed E-state index contributed by atoms with van der Waals surface area (Å²) < 4.78 is 20.9. The van der Waals surface area contributed by atoms with E-state index in [0.717, 1.165) is 62.4 Å². The van der Waals surface area contributed by atoms with Gasteiger partial charge >= 0.3 is 6.09 Å². The highest BCUT2D eigenvalue weighted by molar-refractivity contribution is 5.96. The first-order valence-corrected chi connectivity index (χ1v) is 17.8. The molecule has 3 unspecified atom stereocenters. The van der Waals surface area contributed by atoms with E-state index in [1.54, 1.807) is 12.7 Å². The minimum atomic E-state index is -0.541. The van der Waals surface area contributed by atoms with Crippen LogP contribution in [0.4, 0.5) is 16.3 Å². The van der Waals surface area contributed by atoms with Gasteiger partial charge < -0.3 is 29.0 Å². The lowest BCUT2D eigenvalue weighted by atomic mass is 9.82. The minimum absolute atomic E-state index is 0.0834. The topological polar surface area (TPSA) is 104 Å². The quantitative estimate of drug-likeness (QED) is 0.173. The van der Waals surface area contributed by atoms with Crippen LogP contribution in [0.25, 0.3) is 21.9 Å². The fourth-order valence-corrected chi connectivity index (χ4v) is 6.36. The second kappa shape index (κ2) is 15.4. The number of aryl methyl sites for hydroxylation is 3. The molecule has 2 aromatic heterocycles. The number of anilines is 2. The number of rotatable bonds is 8. The average molecular weight is 681 g/mol. The molecule has 0 saturated carbocycles. The van der Waals surface area contributed by atoms with Crippen molar-refractivity contribution in [1.29, 1.82) is 0 Å². The van der Waals surface area contributed by atoms with Gasteiger partial charge in [-0.1, -0.05) is 40.2 Å². The van der Waals surface area contributed by atoms with Crippen molar-refractivity contribution in [3.8, 4) is 17.2 Å². The Labute approximate surface area is 296 Å². The summed E-state index contributed by atoms with van der Waals surface area (Å²) in [5, 5.41) is 4.36. The van der Waals surface area contributed by atoms with Crippen LogP contribution in [-0.2, 0) is 11.8 Å². The predicted octanol–water partition coefficient (Wildman–Crippen LogP) is 9.75. The number of hydrogen-bond donors (Lipinski definition) is 1. The standard InChI is InChI=1S/C38H46N6O4.C2H6/c1-9-23(2)28-20-44(37(45)48-38(5,6)7)17-16-33(28)47-35-24(3)10-13-29-34(35)36(40-21-39-29)42-26-11-15-32(25(4)18-26)46-27-12-14-31-30(19-27)41-22-43(31)8;1-2/h10-15,18-19,21-23,28,33H,9,16-17,20H2,1-8H3,(H,39,40,42);1-2H3. The Morgan fingerprint density at radius 2 is 1.78 bits per heavy atom. The first-order valence-electron chi connectivity index (χ1n) is 17.8. The number of carbonyl (C=O) groups excluding carboxylic acids is 1. The zero-order valence-corrected chi connectivity index (χ0v) is 31.2. The third-order valence-corrected chi connectivity index (χ3v) is 9.20. The van der Waals surface area contributed by atoms with Crippen molar-refractivity contribution in [2.24, 2.45) is 18.9 Å². The molecule has 5 aromatic rings. The molecule has 50 heavy (non-hydrogen) atoms. The van der Waals surface area contributed by atoms with Crippen molar-refractivity contribution in [2.75, 3.05) is 18.4 Å². The fourth-order valence-electron chi connectivity index (χ4n) is 6.36.